The molecule has 7 heteroatoms. The van der Waals surface area contributed by atoms with Gasteiger partial charge in [0.2, 0.25) is 0 Å². The zero-order valence-corrected chi connectivity index (χ0v) is 5.56. The van der Waals surface area contributed by atoms with Gasteiger partial charge in [-0.2, -0.15) is 0 Å². The van der Waals surface area contributed by atoms with Gasteiger partial charge in [0.15, 0.2) is 0 Å². The molecule has 0 N–H and O–H groups in total. The summed E-state index contributed by atoms with van der Waals surface area (Å²) in [6, 6.07) is 0. The van der Waals surface area contributed by atoms with Gasteiger partial charge in [-0.3, -0.25) is 5.04 Å². The van der Waals surface area contributed by atoms with Crippen molar-refractivity contribution in [1.29, 1.82) is 0 Å². The zero-order chi connectivity index (χ0) is 7.94. The molecule has 0 aromatic heterocycles. The molecular formula is C4H7O7-. The quantitative estimate of drug-likeness (QED) is 0.283. The number of rotatable bonds is 7. The van der Waals surface area contributed by atoms with Crippen molar-refractivity contribution in [3.05, 3.63) is 0 Å². The third-order valence-electron chi connectivity index (χ3n) is 1.16. The lowest BCUT2D eigenvalue weighted by Gasteiger charge is -2.01. The standard InChI is InChI=1S/C4H8O7/c5-7-9-11-10-8-6-3-4-1-2-4/h4-5H,1-3H2/p-1. The van der Waals surface area contributed by atoms with Gasteiger partial charge >= 0.3 is 0 Å². The second kappa shape index (κ2) is 5.38. The Morgan fingerprint density at radius 2 is 1.82 bits per heavy atom. The molecule has 0 atom stereocenters. The Morgan fingerprint density at radius 1 is 1.09 bits per heavy atom. The maximum atomic E-state index is 9.06. The summed E-state index contributed by atoms with van der Waals surface area (Å²) < 4.78 is 0. The molecule has 0 aliphatic heterocycles. The van der Waals surface area contributed by atoms with E-state index < -0.39 is 0 Å². The molecule has 0 bridgehead atoms. The fraction of sp³-hybridized carbons (Fsp3) is 1.00. The van der Waals surface area contributed by atoms with Gasteiger partial charge < -0.3 is 5.26 Å². The highest BCUT2D eigenvalue weighted by Gasteiger charge is 2.21. The lowest BCUT2D eigenvalue weighted by atomic mass is 10.5. The summed E-state index contributed by atoms with van der Waals surface area (Å²) in [5.74, 6) is 0.537. The first-order valence-electron chi connectivity index (χ1n) is 3.01. The van der Waals surface area contributed by atoms with Crippen LogP contribution >= 0.6 is 0 Å². The Balaban J connectivity index is 1.66. The fourth-order valence-corrected chi connectivity index (χ4v) is 0.462. The molecule has 7 nitrogen and oxygen atoms in total. The smallest absolute Gasteiger partial charge is 0.0883 e. The van der Waals surface area contributed by atoms with Gasteiger partial charge in [0, 0.05) is 0 Å². The molecule has 0 amide bonds. The van der Waals surface area contributed by atoms with Crippen molar-refractivity contribution in [1.82, 2.24) is 0 Å². The predicted octanol–water partition coefficient (Wildman–Crippen LogP) is -0.654. The Labute approximate surface area is 61.9 Å². The summed E-state index contributed by atoms with van der Waals surface area (Å²) in [6.45, 7) is 0.432. The highest BCUT2D eigenvalue weighted by Crippen LogP contribution is 2.28. The van der Waals surface area contributed by atoms with E-state index >= 15 is 0 Å². The normalized spacial score (nSPS) is 17.2. The van der Waals surface area contributed by atoms with E-state index in [2.05, 4.69) is 30.1 Å². The molecule has 1 rings (SSSR count). The van der Waals surface area contributed by atoms with Crippen LogP contribution in [0.2, 0.25) is 0 Å². The third kappa shape index (κ3) is 5.04. The van der Waals surface area contributed by atoms with E-state index in [4.69, 9.17) is 5.26 Å². The molecule has 0 spiro atoms. The molecule has 1 saturated carbocycles. The van der Waals surface area contributed by atoms with Gasteiger partial charge in [-0.1, -0.05) is 0 Å². The van der Waals surface area contributed by atoms with Crippen LogP contribution in [-0.4, -0.2) is 6.61 Å². The van der Waals surface area contributed by atoms with Crippen LogP contribution in [0, 0.1) is 5.92 Å². The van der Waals surface area contributed by atoms with Crippen LogP contribution < -0.4 is 5.26 Å². The van der Waals surface area contributed by atoms with Crippen LogP contribution in [0.25, 0.3) is 0 Å². The van der Waals surface area contributed by atoms with Gasteiger partial charge in [-0.05, 0) is 38.9 Å². The highest BCUT2D eigenvalue weighted by molar-refractivity contribution is 4.71. The summed E-state index contributed by atoms with van der Waals surface area (Å²) in [5.41, 5.74) is 0. The van der Waals surface area contributed by atoms with E-state index in [9.17, 15) is 0 Å². The van der Waals surface area contributed by atoms with Gasteiger partial charge in [0.05, 0.1) is 6.61 Å². The molecule has 11 heavy (non-hydrogen) atoms. The van der Waals surface area contributed by atoms with Crippen molar-refractivity contribution in [3.63, 3.8) is 0 Å². The summed E-state index contributed by atoms with van der Waals surface area (Å²) in [7, 11) is 0. The van der Waals surface area contributed by atoms with Crippen molar-refractivity contribution >= 4 is 0 Å². The lowest BCUT2D eigenvalue weighted by Crippen LogP contribution is -2.08. The second-order valence-electron chi connectivity index (χ2n) is 2.07. The molecular weight excluding hydrogens is 160 g/mol. The predicted molar refractivity (Wildman–Crippen MR) is 24.1 cm³/mol. The number of hydrogen-bond donors (Lipinski definition) is 0. The minimum Gasteiger partial charge on any atom is -0.689 e. The third-order valence-corrected chi connectivity index (χ3v) is 1.16. The van der Waals surface area contributed by atoms with Crippen molar-refractivity contribution in [3.8, 4) is 0 Å². The molecule has 0 unspecified atom stereocenters. The SMILES string of the molecule is [O-]OOOOOOCC1CC1. The van der Waals surface area contributed by atoms with Gasteiger partial charge in [0.1, 0.15) is 0 Å². The van der Waals surface area contributed by atoms with Crippen LogP contribution in [0.15, 0.2) is 0 Å². The van der Waals surface area contributed by atoms with Crippen molar-refractivity contribution in [2.45, 2.75) is 12.8 Å². The largest absolute Gasteiger partial charge is 0.689 e. The summed E-state index contributed by atoms with van der Waals surface area (Å²) >= 11 is 0. The molecule has 1 aliphatic carbocycles. The minimum atomic E-state index is 0.432. The van der Waals surface area contributed by atoms with Gasteiger partial charge in [-0.25, -0.2) is 4.89 Å². The monoisotopic (exact) mass is 167 g/mol. The zero-order valence-electron chi connectivity index (χ0n) is 5.56. The van der Waals surface area contributed by atoms with E-state index in [1.54, 1.807) is 0 Å². The Morgan fingerprint density at radius 3 is 2.45 bits per heavy atom. The molecule has 0 heterocycles. The fourth-order valence-electron chi connectivity index (χ4n) is 0.462. The molecule has 66 valence electrons. The van der Waals surface area contributed by atoms with Crippen LogP contribution in [0.3, 0.4) is 0 Å². The lowest BCUT2D eigenvalue weighted by molar-refractivity contribution is -0.899. The van der Waals surface area contributed by atoms with E-state index in [0.717, 1.165) is 12.8 Å². The number of hydrogen-bond acceptors (Lipinski definition) is 7. The van der Waals surface area contributed by atoms with Crippen molar-refractivity contribution in [2.24, 2.45) is 5.92 Å². The summed E-state index contributed by atoms with van der Waals surface area (Å²) in [6.07, 6.45) is 2.26. The molecule has 1 fully saturated rings. The topological polar surface area (TPSA) is 78.4 Å². The Kier molecular flexibility index (Phi) is 4.31. The van der Waals surface area contributed by atoms with Gasteiger partial charge in [0.25, 0.3) is 0 Å². The molecule has 1 aliphatic rings. The maximum absolute atomic E-state index is 9.06. The van der Waals surface area contributed by atoms with E-state index in [1.807, 2.05) is 0 Å². The van der Waals surface area contributed by atoms with Crippen molar-refractivity contribution in [2.75, 3.05) is 6.61 Å². The van der Waals surface area contributed by atoms with Crippen LogP contribution in [0.4, 0.5) is 0 Å². The van der Waals surface area contributed by atoms with Gasteiger partial charge in [-0.15, -0.1) is 0 Å². The minimum absolute atomic E-state index is 0.432. The first-order valence-corrected chi connectivity index (χ1v) is 3.01. The van der Waals surface area contributed by atoms with Crippen LogP contribution in [0.1, 0.15) is 12.8 Å². The molecule has 0 aromatic carbocycles. The highest BCUT2D eigenvalue weighted by atomic mass is 17.9. The van der Waals surface area contributed by atoms with Crippen molar-refractivity contribution < 1.29 is 35.3 Å². The molecule has 0 aromatic rings. The average molecular weight is 167 g/mol. The first kappa shape index (κ1) is 8.81. The Bertz CT molecular complexity index is 92.4. The van der Waals surface area contributed by atoms with Crippen LogP contribution in [-0.2, 0) is 30.1 Å². The summed E-state index contributed by atoms with van der Waals surface area (Å²) in [5, 5.41) is 26.2. The average Bonchev–Trinajstić information content (AvgIpc) is 2.80. The molecule has 0 saturated heterocycles. The summed E-state index contributed by atoms with van der Waals surface area (Å²) in [4.78, 5) is 4.42. The first-order chi connectivity index (χ1) is 5.43. The van der Waals surface area contributed by atoms with Crippen LogP contribution in [0.5, 0.6) is 0 Å². The van der Waals surface area contributed by atoms with E-state index in [-0.39, 0.29) is 0 Å². The van der Waals surface area contributed by atoms with E-state index in [0.29, 0.717) is 12.5 Å². The Hall–Kier alpha value is -0.280. The maximum Gasteiger partial charge on any atom is 0.0883 e. The molecule has 0 radical (unpaired) electrons. The second-order valence-corrected chi connectivity index (χ2v) is 2.07. The van der Waals surface area contributed by atoms with E-state index in [1.165, 1.54) is 0 Å².